The molecule has 1 fully saturated rings. The van der Waals surface area contributed by atoms with E-state index in [-0.39, 0.29) is 61.4 Å². The molecule has 1 aromatic rings. The van der Waals surface area contributed by atoms with Crippen LogP contribution in [0.15, 0.2) is 51.7 Å². The Morgan fingerprint density at radius 2 is 1.93 bits per heavy atom. The molecular formula is C29H39N3O7S2Si. The third kappa shape index (κ3) is 6.44. The molecule has 2 amide bonds. The number of aromatic nitrogens is 1. The van der Waals surface area contributed by atoms with Gasteiger partial charge in [-0.1, -0.05) is 50.1 Å². The van der Waals surface area contributed by atoms with Crippen molar-refractivity contribution in [2.45, 2.75) is 56.0 Å². The van der Waals surface area contributed by atoms with E-state index in [9.17, 15) is 14.4 Å². The lowest BCUT2D eigenvalue weighted by Gasteiger charge is -2.48. The molecule has 0 aromatic carbocycles. The average molecular weight is 634 g/mol. The van der Waals surface area contributed by atoms with Crippen LogP contribution in [-0.2, 0) is 28.2 Å². The quantitative estimate of drug-likeness (QED) is 0.129. The van der Waals surface area contributed by atoms with Crippen molar-refractivity contribution in [3.63, 3.8) is 0 Å². The van der Waals surface area contributed by atoms with E-state index in [0.29, 0.717) is 10.9 Å². The number of hydrogen-bond acceptors (Lipinski definition) is 10. The van der Waals surface area contributed by atoms with Crippen LogP contribution in [0.4, 0.5) is 4.79 Å². The lowest BCUT2D eigenvalue weighted by Crippen LogP contribution is -2.64. The number of thiazole rings is 1. The van der Waals surface area contributed by atoms with Gasteiger partial charge in [0.1, 0.15) is 18.9 Å². The van der Waals surface area contributed by atoms with Crippen molar-refractivity contribution in [3.05, 3.63) is 53.1 Å². The number of carbonyl (C=O) groups excluding carboxylic acids is 3. The fourth-order valence-electron chi connectivity index (χ4n) is 5.65. The van der Waals surface area contributed by atoms with E-state index in [2.05, 4.69) is 32.8 Å². The molecule has 3 aliphatic heterocycles. The maximum absolute atomic E-state index is 13.4. The van der Waals surface area contributed by atoms with Crippen molar-refractivity contribution in [3.8, 4) is 0 Å². The van der Waals surface area contributed by atoms with Gasteiger partial charge in [-0.3, -0.25) is 9.69 Å². The molecule has 0 spiro atoms. The van der Waals surface area contributed by atoms with Crippen LogP contribution in [-0.4, -0.2) is 92.7 Å². The highest BCUT2D eigenvalue weighted by molar-refractivity contribution is 8.04. The zero-order valence-corrected chi connectivity index (χ0v) is 27.6. The standard InChI is InChI=1S/C29H39N3O7S2Si/c1-9-13-37-27(34)24-25(17(3)23-22(26(33)32(23)24)18(4)39-42(6,7)8)41-28-30-20(16-40-28)19-11-12-31(21(19)15-36-5)29(35)38-14-10-2/h9-11,16-18,21-23H,1-2,12-15H2,3-8H3/t17-,18-,21+,22-,23-/m1/s1. The highest BCUT2D eigenvalue weighted by Crippen LogP contribution is 2.53. The van der Waals surface area contributed by atoms with Crippen LogP contribution < -0.4 is 0 Å². The maximum atomic E-state index is 13.4. The fraction of sp³-hybridized carbons (Fsp3) is 0.517. The van der Waals surface area contributed by atoms with Gasteiger partial charge in [0.25, 0.3) is 0 Å². The topological polar surface area (TPSA) is 108 Å². The molecule has 0 radical (unpaired) electrons. The molecular weight excluding hydrogens is 595 g/mol. The Hall–Kier alpha value is -2.71. The molecule has 0 unspecified atom stereocenters. The van der Waals surface area contributed by atoms with E-state index in [1.807, 2.05) is 25.3 Å². The molecule has 4 rings (SSSR count). The van der Waals surface area contributed by atoms with Gasteiger partial charge in [0.05, 0.1) is 36.4 Å². The van der Waals surface area contributed by atoms with Crippen LogP contribution in [0.3, 0.4) is 0 Å². The minimum absolute atomic E-state index is 0.0438. The number of carbonyl (C=O) groups is 3. The third-order valence-electron chi connectivity index (χ3n) is 7.26. The molecule has 13 heteroatoms. The first kappa shape index (κ1) is 32.2. The second-order valence-corrected chi connectivity index (χ2v) is 17.9. The van der Waals surface area contributed by atoms with Crippen LogP contribution in [0.2, 0.25) is 19.6 Å². The molecule has 4 heterocycles. The summed E-state index contributed by atoms with van der Waals surface area (Å²) >= 11 is 2.81. The highest BCUT2D eigenvalue weighted by atomic mass is 32.2. The van der Waals surface area contributed by atoms with Crippen LogP contribution in [0.5, 0.6) is 0 Å². The van der Waals surface area contributed by atoms with Crippen LogP contribution in [0, 0.1) is 11.8 Å². The molecule has 0 aliphatic carbocycles. The molecule has 1 saturated heterocycles. The van der Waals surface area contributed by atoms with Gasteiger partial charge in [-0.05, 0) is 26.6 Å². The number of β-lactam (4-membered cyclic amide) rings is 1. The summed E-state index contributed by atoms with van der Waals surface area (Å²) in [5.74, 6) is -1.14. The number of methoxy groups -OCH3 is 1. The number of ether oxygens (including phenoxy) is 3. The van der Waals surface area contributed by atoms with Gasteiger partial charge in [-0.25, -0.2) is 14.6 Å². The second kappa shape index (κ2) is 13.3. The molecule has 0 bridgehead atoms. The molecule has 3 aliphatic rings. The summed E-state index contributed by atoms with van der Waals surface area (Å²) in [6.45, 7) is 18.3. The number of esters is 1. The Labute approximate surface area is 256 Å². The Morgan fingerprint density at radius 3 is 2.57 bits per heavy atom. The van der Waals surface area contributed by atoms with Gasteiger partial charge in [0.15, 0.2) is 12.7 Å². The summed E-state index contributed by atoms with van der Waals surface area (Å²) in [6, 6.07) is -0.551. The molecule has 1 aromatic heterocycles. The van der Waals surface area contributed by atoms with Crippen molar-refractivity contribution >= 4 is 55.0 Å². The van der Waals surface area contributed by atoms with E-state index < -0.39 is 20.4 Å². The molecule has 228 valence electrons. The van der Waals surface area contributed by atoms with E-state index >= 15 is 0 Å². The summed E-state index contributed by atoms with van der Waals surface area (Å²) in [5, 5.41) is 1.93. The van der Waals surface area contributed by atoms with E-state index in [4.69, 9.17) is 23.6 Å². The molecule has 5 atom stereocenters. The van der Waals surface area contributed by atoms with E-state index in [1.54, 1.807) is 16.9 Å². The molecule has 10 nitrogen and oxygen atoms in total. The van der Waals surface area contributed by atoms with Crippen molar-refractivity contribution < 1.29 is 33.0 Å². The van der Waals surface area contributed by atoms with E-state index in [1.165, 1.54) is 35.3 Å². The first-order valence-corrected chi connectivity index (χ1v) is 18.9. The summed E-state index contributed by atoms with van der Waals surface area (Å²) in [5.41, 5.74) is 1.86. The SMILES string of the molecule is C=CCOC(=O)C1=C(Sc2nc(C3=CCN(C(=O)OCC=C)[C@H]3COC)cs2)[C@H](C)[C@@H]2[C@@H]([C@@H](C)O[Si](C)(C)C)C(=O)N12. The van der Waals surface area contributed by atoms with Crippen molar-refractivity contribution in [1.29, 1.82) is 0 Å². The Kier molecular flexibility index (Phi) is 10.2. The van der Waals surface area contributed by atoms with Gasteiger partial charge in [0, 0.05) is 35.4 Å². The summed E-state index contributed by atoms with van der Waals surface area (Å²) in [6.07, 6.45) is 4.27. The molecule has 42 heavy (non-hydrogen) atoms. The first-order valence-electron chi connectivity index (χ1n) is 13.8. The lowest BCUT2D eigenvalue weighted by atomic mass is 9.79. The van der Waals surface area contributed by atoms with Gasteiger partial charge in [-0.2, -0.15) is 0 Å². The normalized spacial score (nSPS) is 24.2. The van der Waals surface area contributed by atoms with Gasteiger partial charge in [0.2, 0.25) is 5.91 Å². The fourth-order valence-corrected chi connectivity index (χ4v) is 9.01. The molecule has 0 saturated carbocycles. The number of rotatable bonds is 13. The Balaban J connectivity index is 1.59. The third-order valence-corrected chi connectivity index (χ3v) is 10.6. The van der Waals surface area contributed by atoms with Crippen molar-refractivity contribution in [2.75, 3.05) is 33.5 Å². The minimum Gasteiger partial charge on any atom is -0.457 e. The smallest absolute Gasteiger partial charge is 0.410 e. The summed E-state index contributed by atoms with van der Waals surface area (Å²) < 4.78 is 23.1. The summed E-state index contributed by atoms with van der Waals surface area (Å²) in [7, 11) is -0.304. The van der Waals surface area contributed by atoms with Gasteiger partial charge < -0.3 is 23.5 Å². The van der Waals surface area contributed by atoms with Crippen molar-refractivity contribution in [2.24, 2.45) is 11.8 Å². The predicted molar refractivity (Wildman–Crippen MR) is 165 cm³/mol. The van der Waals surface area contributed by atoms with Gasteiger partial charge >= 0.3 is 12.1 Å². The number of thioether (sulfide) groups is 1. The number of fused-ring (bicyclic) bond motifs is 1. The predicted octanol–water partition coefficient (Wildman–Crippen LogP) is 4.93. The monoisotopic (exact) mass is 633 g/mol. The van der Waals surface area contributed by atoms with E-state index in [0.717, 1.165) is 16.2 Å². The van der Waals surface area contributed by atoms with Gasteiger partial charge in [-0.15, -0.1) is 11.3 Å². The zero-order chi connectivity index (χ0) is 30.8. The second-order valence-electron chi connectivity index (χ2n) is 11.3. The largest absolute Gasteiger partial charge is 0.457 e. The number of nitrogens with zero attached hydrogens (tertiary/aromatic N) is 3. The van der Waals surface area contributed by atoms with Crippen molar-refractivity contribution in [1.82, 2.24) is 14.8 Å². The van der Waals surface area contributed by atoms with Crippen LogP contribution >= 0.6 is 23.1 Å². The maximum Gasteiger partial charge on any atom is 0.410 e. The van der Waals surface area contributed by atoms with Crippen LogP contribution in [0.25, 0.3) is 5.57 Å². The minimum atomic E-state index is -1.89. The Morgan fingerprint density at radius 1 is 1.24 bits per heavy atom. The number of hydrogen-bond donors (Lipinski definition) is 0. The average Bonchev–Trinajstić information content (AvgIpc) is 3.61. The first-order chi connectivity index (χ1) is 19.9. The van der Waals surface area contributed by atoms with Crippen LogP contribution in [0.1, 0.15) is 19.5 Å². The Bertz CT molecular complexity index is 1300. The highest BCUT2D eigenvalue weighted by Gasteiger charge is 2.61. The lowest BCUT2D eigenvalue weighted by molar-refractivity contribution is -0.163. The zero-order valence-electron chi connectivity index (χ0n) is 25.0. The molecule has 0 N–H and O–H groups in total. The summed E-state index contributed by atoms with van der Waals surface area (Å²) in [4.78, 5) is 48.1. The number of amides is 2.